The molecular weight excluding hydrogens is 491 g/mol. The Hall–Kier alpha value is -0.322. The van der Waals surface area contributed by atoms with E-state index in [1.807, 2.05) is 6.07 Å². The van der Waals surface area contributed by atoms with E-state index >= 15 is 0 Å². The van der Waals surface area contributed by atoms with Crippen molar-refractivity contribution in [1.29, 1.82) is 0 Å². The third-order valence-corrected chi connectivity index (χ3v) is 4.78. The van der Waals surface area contributed by atoms with Gasteiger partial charge in [-0.25, -0.2) is 4.39 Å². The van der Waals surface area contributed by atoms with Gasteiger partial charge < -0.3 is 15.5 Å². The molecule has 2 unspecified atom stereocenters. The Morgan fingerprint density at radius 2 is 2.00 bits per heavy atom. The molecule has 1 aromatic rings. The minimum Gasteiger partial charge on any atom is -0.655 e. The molecule has 0 bridgehead atoms. The van der Waals surface area contributed by atoms with Gasteiger partial charge in [-0.3, -0.25) is 5.32 Å². The van der Waals surface area contributed by atoms with Crippen molar-refractivity contribution in [1.82, 2.24) is 5.32 Å². The minimum atomic E-state index is -0.368. The Kier molecular flexibility index (Phi) is 11.0. The van der Waals surface area contributed by atoms with Crippen LogP contribution in [0.4, 0.5) is 4.39 Å². The van der Waals surface area contributed by atoms with Crippen molar-refractivity contribution in [3.63, 3.8) is 0 Å². The Balaban J connectivity index is 0.000000339. The van der Waals surface area contributed by atoms with E-state index in [9.17, 15) is 4.39 Å². The molecule has 1 heterocycles. The van der Waals surface area contributed by atoms with E-state index in [1.54, 1.807) is 19.1 Å². The van der Waals surface area contributed by atoms with Crippen LogP contribution in [0, 0.1) is 11.7 Å². The zero-order valence-corrected chi connectivity index (χ0v) is 17.9. The van der Waals surface area contributed by atoms with Gasteiger partial charge in [0.2, 0.25) is 0 Å². The number of nitrogens with one attached hydrogen (secondary N) is 1. The fourth-order valence-corrected chi connectivity index (χ4v) is 3.62. The van der Waals surface area contributed by atoms with E-state index in [-0.39, 0.29) is 45.8 Å². The van der Waals surface area contributed by atoms with Gasteiger partial charge in [0.1, 0.15) is 5.82 Å². The zero-order chi connectivity index (χ0) is 17.4. The van der Waals surface area contributed by atoms with E-state index < -0.39 is 0 Å². The molecule has 0 amide bonds. The largest absolute Gasteiger partial charge is 0.655 e. The van der Waals surface area contributed by atoms with Crippen molar-refractivity contribution in [2.24, 2.45) is 5.92 Å². The number of aliphatic hydroxyl groups is 2. The number of nitrogens with zero attached hydrogens (tertiary/aromatic N) is 1. The molecule has 0 aromatic heterocycles. The monoisotopic (exact) mass is 521 g/mol. The first-order valence-corrected chi connectivity index (χ1v) is 9.06. The van der Waals surface area contributed by atoms with Crippen LogP contribution in [0.5, 0.6) is 0 Å². The Labute approximate surface area is 164 Å². The van der Waals surface area contributed by atoms with E-state index in [0.29, 0.717) is 12.5 Å². The Bertz CT molecular complexity index is 496. The molecule has 1 aliphatic heterocycles. The number of fused-ring (bicyclic) bond motifs is 1. The summed E-state index contributed by atoms with van der Waals surface area (Å²) in [7, 11) is 0. The average Bonchev–Trinajstić information content (AvgIpc) is 2.60. The van der Waals surface area contributed by atoms with E-state index in [1.165, 1.54) is 43.2 Å². The summed E-state index contributed by atoms with van der Waals surface area (Å²) in [5.41, 5.74) is 2.49. The molecule has 0 spiro atoms. The maximum Gasteiger partial charge on any atom is 0.123 e. The minimum absolute atomic E-state index is 0. The van der Waals surface area contributed by atoms with Crippen molar-refractivity contribution in [2.75, 3.05) is 19.8 Å². The number of rotatable bonds is 4. The number of aliphatic hydroxyl groups excluding tert-OH is 2. The van der Waals surface area contributed by atoms with Crippen LogP contribution in [0.2, 0.25) is 0 Å². The second-order valence-corrected chi connectivity index (χ2v) is 6.80. The first-order valence-electron chi connectivity index (χ1n) is 9.06. The van der Waals surface area contributed by atoms with Crippen molar-refractivity contribution >= 4 is 0 Å². The van der Waals surface area contributed by atoms with Crippen LogP contribution >= 0.6 is 0 Å². The molecule has 1 aromatic carbocycles. The third-order valence-electron chi connectivity index (χ3n) is 4.78. The summed E-state index contributed by atoms with van der Waals surface area (Å²) in [6.45, 7) is 2.96. The molecule has 142 valence electrons. The zero-order valence-electron chi connectivity index (χ0n) is 15.0. The normalized spacial score (nSPS) is 21.4. The molecule has 1 fully saturated rings. The summed E-state index contributed by atoms with van der Waals surface area (Å²) in [6.07, 6.45) is 7.15. The van der Waals surface area contributed by atoms with Crippen molar-refractivity contribution in [3.8, 4) is 0 Å². The smallest absolute Gasteiger partial charge is 0.123 e. The van der Waals surface area contributed by atoms with Crippen molar-refractivity contribution < 1.29 is 35.7 Å². The fraction of sp³-hybridized carbons (Fsp3) is 0.684. The van der Waals surface area contributed by atoms with Gasteiger partial charge in [-0.15, -0.1) is 12.6 Å². The molecule has 1 aliphatic carbocycles. The molecule has 2 aliphatic rings. The molecule has 25 heavy (non-hydrogen) atoms. The van der Waals surface area contributed by atoms with Crippen LogP contribution in [0.3, 0.4) is 0 Å². The summed E-state index contributed by atoms with van der Waals surface area (Å²) in [4.78, 5) is 0. The van der Waals surface area contributed by atoms with Crippen LogP contribution in [0.1, 0.15) is 56.2 Å². The predicted octanol–water partition coefficient (Wildman–Crippen LogP) is 3.28. The molecule has 6 heteroatoms. The van der Waals surface area contributed by atoms with E-state index in [2.05, 4.69) is 5.32 Å². The van der Waals surface area contributed by atoms with Crippen LogP contribution in [-0.4, -0.2) is 36.1 Å². The van der Waals surface area contributed by atoms with Gasteiger partial charge in [-0.05, 0) is 31.0 Å². The van der Waals surface area contributed by atoms with E-state index in [0.717, 1.165) is 13.0 Å². The summed E-state index contributed by atoms with van der Waals surface area (Å²) in [5.74, 6) is 0.547. The van der Waals surface area contributed by atoms with Crippen LogP contribution in [0.25, 0.3) is 5.32 Å². The van der Waals surface area contributed by atoms with Gasteiger partial charge in [0.05, 0.1) is 12.8 Å². The van der Waals surface area contributed by atoms with Crippen LogP contribution in [-0.2, 0) is 27.5 Å². The molecule has 3 N–H and O–H groups in total. The Morgan fingerprint density at radius 3 is 2.60 bits per heavy atom. The van der Waals surface area contributed by atoms with Gasteiger partial charge in [0.25, 0.3) is 0 Å². The van der Waals surface area contributed by atoms with Crippen LogP contribution < -0.4 is 5.32 Å². The molecule has 0 radical (unpaired) electrons. The summed E-state index contributed by atoms with van der Waals surface area (Å²) in [6, 6.07) is 5.53. The molecule has 3 rings (SSSR count). The van der Waals surface area contributed by atoms with Gasteiger partial charge in [0, 0.05) is 27.6 Å². The maximum absolute atomic E-state index is 13.4. The first-order chi connectivity index (χ1) is 11.6. The van der Waals surface area contributed by atoms with Crippen molar-refractivity contribution in [3.05, 3.63) is 40.5 Å². The standard InChI is InChI=1S/C15H19FN.C4H11NO2.W/c16-13-7-6-11-8-9-17-15(14(11)10-13)12-4-2-1-3-5-12;1-4(7)2-5-3-6;/h6-7,10,12,15H,1-5,8-9H2;4-7H,2-3H2,1H3;/q-1;;. The molecule has 0 saturated heterocycles. The van der Waals surface area contributed by atoms with Gasteiger partial charge >= 0.3 is 0 Å². The summed E-state index contributed by atoms with van der Waals surface area (Å²) < 4.78 is 13.4. The third kappa shape index (κ3) is 7.44. The predicted molar refractivity (Wildman–Crippen MR) is 94.4 cm³/mol. The number of hydrogen-bond donors (Lipinski definition) is 3. The topological polar surface area (TPSA) is 66.6 Å². The summed E-state index contributed by atoms with van der Waals surface area (Å²) >= 11 is 0. The molecule has 2 atom stereocenters. The second-order valence-electron chi connectivity index (χ2n) is 6.80. The van der Waals surface area contributed by atoms with Gasteiger partial charge in [-0.1, -0.05) is 49.7 Å². The number of benzene rings is 1. The maximum atomic E-state index is 13.4. The fourth-order valence-electron chi connectivity index (χ4n) is 3.62. The average molecular weight is 521 g/mol. The van der Waals surface area contributed by atoms with E-state index in [4.69, 9.17) is 15.5 Å². The van der Waals surface area contributed by atoms with Gasteiger partial charge in [-0.2, -0.15) is 0 Å². The quantitative estimate of drug-likeness (QED) is 0.534. The number of hydrogen-bond acceptors (Lipinski definition) is 3. The Morgan fingerprint density at radius 1 is 1.28 bits per heavy atom. The molecule has 4 nitrogen and oxygen atoms in total. The summed E-state index contributed by atoms with van der Waals surface area (Å²) in [5, 5.41) is 23.9. The molecule has 1 saturated carbocycles. The van der Waals surface area contributed by atoms with Gasteiger partial charge in [0.15, 0.2) is 0 Å². The van der Waals surface area contributed by atoms with Crippen molar-refractivity contribution in [2.45, 2.75) is 57.6 Å². The number of halogens is 1. The van der Waals surface area contributed by atoms with Crippen LogP contribution in [0.15, 0.2) is 18.2 Å². The SMILES string of the molecule is CC(O)CNCO.Fc1ccc2c(c1)C(C1CCCCC1)[N-]CC2.[W]. The molecular formula is C19H30FN2O2W-. The second kappa shape index (κ2) is 12.1. The first kappa shape index (κ1) is 22.7.